The molecule has 0 spiro atoms. The van der Waals surface area contributed by atoms with Crippen LogP contribution in [0.2, 0.25) is 5.02 Å². The van der Waals surface area contributed by atoms with Gasteiger partial charge >= 0.3 is 0 Å². The van der Waals surface area contributed by atoms with E-state index < -0.39 is 0 Å². The third kappa shape index (κ3) is 2.81. The summed E-state index contributed by atoms with van der Waals surface area (Å²) in [6.45, 7) is 0.206. The predicted octanol–water partition coefficient (Wildman–Crippen LogP) is 3.54. The Kier molecular flexibility index (Phi) is 4.90. The van der Waals surface area contributed by atoms with Crippen LogP contribution in [0.25, 0.3) is 0 Å². The van der Waals surface area contributed by atoms with Crippen molar-refractivity contribution in [3.8, 4) is 5.75 Å². The lowest BCUT2D eigenvalue weighted by atomic mass is 9.97. The second-order valence-electron chi connectivity index (χ2n) is 4.91. The van der Waals surface area contributed by atoms with Gasteiger partial charge < -0.3 is 9.84 Å². The second-order valence-corrected chi connectivity index (χ2v) is 5.29. The number of aryl methyl sites for hydroxylation is 2. The molecule has 0 atom stereocenters. The number of benzene rings is 1. The van der Waals surface area contributed by atoms with Crippen LogP contribution in [-0.2, 0) is 19.3 Å². The van der Waals surface area contributed by atoms with E-state index in [4.69, 9.17) is 21.4 Å². The Bertz CT molecular complexity index is 415. The van der Waals surface area contributed by atoms with Crippen LogP contribution in [0.15, 0.2) is 6.07 Å². The van der Waals surface area contributed by atoms with Crippen molar-refractivity contribution in [2.24, 2.45) is 0 Å². The summed E-state index contributed by atoms with van der Waals surface area (Å²) in [5.74, 6) is 0.811. The van der Waals surface area contributed by atoms with E-state index in [0.29, 0.717) is 0 Å². The quantitative estimate of drug-likeness (QED) is 0.847. The lowest BCUT2D eigenvalue weighted by Crippen LogP contribution is -2.02. The highest BCUT2D eigenvalue weighted by molar-refractivity contribution is 6.33. The molecule has 0 radical (unpaired) electrons. The van der Waals surface area contributed by atoms with Gasteiger partial charge in [0.1, 0.15) is 5.75 Å². The summed E-state index contributed by atoms with van der Waals surface area (Å²) >= 11 is 6.50. The molecule has 100 valence electrons. The third-order valence-electron chi connectivity index (χ3n) is 3.67. The average Bonchev–Trinajstić information content (AvgIpc) is 2.62. The molecule has 18 heavy (non-hydrogen) atoms. The molecule has 1 aromatic rings. The molecule has 0 bridgehead atoms. The normalized spacial score (nSPS) is 15.1. The third-order valence-corrected chi connectivity index (χ3v) is 4.07. The topological polar surface area (TPSA) is 29.5 Å². The van der Waals surface area contributed by atoms with Gasteiger partial charge in [0.05, 0.1) is 12.1 Å². The highest BCUT2D eigenvalue weighted by Crippen LogP contribution is 2.38. The number of rotatable bonds is 4. The smallest absolute Gasteiger partial charge is 0.140 e. The molecule has 0 aromatic heterocycles. The van der Waals surface area contributed by atoms with Gasteiger partial charge in [-0.3, -0.25) is 0 Å². The minimum atomic E-state index is 0.206. The summed E-state index contributed by atoms with van der Waals surface area (Å²) in [6.07, 6.45) is 7.49. The number of aliphatic hydroxyl groups is 1. The molecular weight excluding hydrogens is 248 g/mol. The molecule has 2 rings (SSSR count). The number of methoxy groups -OCH3 is 1. The molecule has 1 aromatic carbocycles. The van der Waals surface area contributed by atoms with Crippen LogP contribution in [-0.4, -0.2) is 18.8 Å². The molecule has 0 aliphatic heterocycles. The van der Waals surface area contributed by atoms with E-state index >= 15 is 0 Å². The van der Waals surface area contributed by atoms with E-state index in [-0.39, 0.29) is 6.61 Å². The molecule has 1 aliphatic rings. The van der Waals surface area contributed by atoms with Crippen LogP contribution >= 0.6 is 11.6 Å². The Morgan fingerprint density at radius 2 is 2.06 bits per heavy atom. The van der Waals surface area contributed by atoms with Gasteiger partial charge in [-0.25, -0.2) is 0 Å². The Morgan fingerprint density at radius 1 is 1.28 bits per heavy atom. The molecule has 0 heterocycles. The first-order valence-electron chi connectivity index (χ1n) is 6.76. The van der Waals surface area contributed by atoms with Crippen molar-refractivity contribution in [1.82, 2.24) is 0 Å². The SMILES string of the molecule is COc1c(CCCO)cc2c(c1Cl)CCCCC2. The first-order chi connectivity index (χ1) is 8.77. The summed E-state index contributed by atoms with van der Waals surface area (Å²) in [4.78, 5) is 0. The predicted molar refractivity (Wildman–Crippen MR) is 74.7 cm³/mol. The van der Waals surface area contributed by atoms with Crippen LogP contribution in [0.5, 0.6) is 5.75 Å². The maximum absolute atomic E-state index is 8.97. The number of aliphatic hydroxyl groups excluding tert-OH is 1. The number of fused-ring (bicyclic) bond motifs is 1. The maximum atomic E-state index is 8.97. The zero-order chi connectivity index (χ0) is 13.0. The Hall–Kier alpha value is -0.730. The van der Waals surface area contributed by atoms with Gasteiger partial charge in [0, 0.05) is 6.61 Å². The monoisotopic (exact) mass is 268 g/mol. The number of ether oxygens (including phenoxy) is 1. The highest BCUT2D eigenvalue weighted by Gasteiger charge is 2.18. The average molecular weight is 269 g/mol. The van der Waals surface area contributed by atoms with Gasteiger partial charge in [-0.1, -0.05) is 24.1 Å². The van der Waals surface area contributed by atoms with Gasteiger partial charge in [0.15, 0.2) is 0 Å². The molecule has 0 saturated heterocycles. The van der Waals surface area contributed by atoms with Crippen LogP contribution in [0.3, 0.4) is 0 Å². The molecule has 0 fully saturated rings. The van der Waals surface area contributed by atoms with Crippen molar-refractivity contribution in [1.29, 1.82) is 0 Å². The Labute approximate surface area is 114 Å². The van der Waals surface area contributed by atoms with Crippen molar-refractivity contribution in [2.45, 2.75) is 44.9 Å². The van der Waals surface area contributed by atoms with Gasteiger partial charge in [-0.2, -0.15) is 0 Å². The lowest BCUT2D eigenvalue weighted by Gasteiger charge is -2.16. The lowest BCUT2D eigenvalue weighted by molar-refractivity contribution is 0.287. The van der Waals surface area contributed by atoms with Crippen molar-refractivity contribution >= 4 is 11.6 Å². The fourth-order valence-corrected chi connectivity index (χ4v) is 3.16. The molecule has 0 amide bonds. The number of halogens is 1. The van der Waals surface area contributed by atoms with Crippen LogP contribution in [0, 0.1) is 0 Å². The first kappa shape index (κ1) is 13.7. The Balaban J connectivity index is 2.41. The number of hydrogen-bond donors (Lipinski definition) is 1. The number of hydrogen-bond acceptors (Lipinski definition) is 2. The largest absolute Gasteiger partial charge is 0.495 e. The highest BCUT2D eigenvalue weighted by atomic mass is 35.5. The van der Waals surface area contributed by atoms with Crippen LogP contribution < -0.4 is 4.74 Å². The van der Waals surface area contributed by atoms with Gasteiger partial charge in [0.25, 0.3) is 0 Å². The van der Waals surface area contributed by atoms with E-state index in [1.54, 1.807) is 7.11 Å². The minimum Gasteiger partial charge on any atom is -0.495 e. The standard InChI is InChI=1S/C15H21ClO2/c1-18-15-12(7-5-9-17)10-11-6-3-2-4-8-13(11)14(15)16/h10,17H,2-9H2,1H3. The zero-order valence-corrected chi connectivity index (χ0v) is 11.7. The van der Waals surface area contributed by atoms with Crippen molar-refractivity contribution in [3.05, 3.63) is 27.8 Å². The molecule has 2 nitrogen and oxygen atoms in total. The van der Waals surface area contributed by atoms with E-state index in [1.165, 1.54) is 30.4 Å². The first-order valence-corrected chi connectivity index (χ1v) is 7.13. The summed E-state index contributed by atoms with van der Waals surface area (Å²) in [6, 6.07) is 2.24. The molecule has 0 unspecified atom stereocenters. The van der Waals surface area contributed by atoms with E-state index in [9.17, 15) is 0 Å². The summed E-state index contributed by atoms with van der Waals surface area (Å²) in [5, 5.41) is 9.77. The molecule has 3 heteroatoms. The molecule has 1 N–H and O–H groups in total. The minimum absolute atomic E-state index is 0.206. The second kappa shape index (κ2) is 6.44. The summed E-state index contributed by atoms with van der Waals surface area (Å²) in [5.41, 5.74) is 3.79. The summed E-state index contributed by atoms with van der Waals surface area (Å²) in [7, 11) is 1.67. The zero-order valence-electron chi connectivity index (χ0n) is 11.0. The van der Waals surface area contributed by atoms with Crippen molar-refractivity contribution in [2.75, 3.05) is 13.7 Å². The van der Waals surface area contributed by atoms with Crippen molar-refractivity contribution < 1.29 is 9.84 Å². The van der Waals surface area contributed by atoms with Gasteiger partial charge in [-0.15, -0.1) is 0 Å². The van der Waals surface area contributed by atoms with Crippen molar-refractivity contribution in [3.63, 3.8) is 0 Å². The van der Waals surface area contributed by atoms with E-state index in [1.807, 2.05) is 0 Å². The fourth-order valence-electron chi connectivity index (χ4n) is 2.75. The molecular formula is C15H21ClO2. The van der Waals surface area contributed by atoms with E-state index in [2.05, 4.69) is 6.07 Å². The molecule has 0 saturated carbocycles. The van der Waals surface area contributed by atoms with E-state index in [0.717, 1.165) is 42.0 Å². The Morgan fingerprint density at radius 3 is 2.78 bits per heavy atom. The van der Waals surface area contributed by atoms with Crippen LogP contribution in [0.1, 0.15) is 42.4 Å². The van der Waals surface area contributed by atoms with Crippen LogP contribution in [0.4, 0.5) is 0 Å². The summed E-state index contributed by atoms with van der Waals surface area (Å²) < 4.78 is 5.47. The molecule has 1 aliphatic carbocycles. The van der Waals surface area contributed by atoms with Gasteiger partial charge in [-0.05, 0) is 55.2 Å². The maximum Gasteiger partial charge on any atom is 0.140 e. The fraction of sp³-hybridized carbons (Fsp3) is 0.600. The van der Waals surface area contributed by atoms with Gasteiger partial charge in [0.2, 0.25) is 0 Å².